The van der Waals surface area contributed by atoms with E-state index < -0.39 is 13.9 Å². The van der Waals surface area contributed by atoms with Crippen molar-refractivity contribution in [3.63, 3.8) is 0 Å². The summed E-state index contributed by atoms with van der Waals surface area (Å²) in [6, 6.07) is 7.64. The van der Waals surface area contributed by atoms with Gasteiger partial charge in [0.15, 0.2) is 5.60 Å². The van der Waals surface area contributed by atoms with E-state index in [-0.39, 0.29) is 0 Å². The Bertz CT molecular complexity index is 360. The van der Waals surface area contributed by atoms with Gasteiger partial charge in [0.2, 0.25) is 0 Å². The maximum atomic E-state index is 10.9. The van der Waals surface area contributed by atoms with Gasteiger partial charge in [-0.3, -0.25) is 0 Å². The third-order valence-electron chi connectivity index (χ3n) is 2.77. The maximum absolute atomic E-state index is 10.9. The summed E-state index contributed by atoms with van der Waals surface area (Å²) in [5.74, 6) is 0. The van der Waals surface area contributed by atoms with E-state index in [2.05, 4.69) is 15.9 Å². The Hall–Kier alpha value is -0.280. The second-order valence-electron chi connectivity index (χ2n) is 3.54. The molecule has 5 heteroatoms. The highest BCUT2D eigenvalue weighted by Gasteiger charge is 2.38. The highest BCUT2D eigenvalue weighted by Crippen LogP contribution is 2.40. The van der Waals surface area contributed by atoms with Crippen molar-refractivity contribution in [3.05, 3.63) is 34.3 Å². The first-order valence-corrected chi connectivity index (χ1v) is 7.07. The molecule has 1 atom stereocenters. The molecule has 1 N–H and O–H groups in total. The Balaban J connectivity index is 3.09. The van der Waals surface area contributed by atoms with Gasteiger partial charge < -0.3 is 0 Å². The van der Waals surface area contributed by atoms with E-state index in [4.69, 9.17) is 9.42 Å². The molecular formula is C11H15BrO3P+. The SMILES string of the molecule is CCC(CC)(O[P+](=O)O)c1ccc(Br)cc1. The zero-order valence-electron chi connectivity index (χ0n) is 9.31. The van der Waals surface area contributed by atoms with E-state index in [1.54, 1.807) is 0 Å². The normalized spacial score (nSPS) is 12.6. The van der Waals surface area contributed by atoms with Gasteiger partial charge in [0.05, 0.1) is 0 Å². The van der Waals surface area contributed by atoms with E-state index in [0.29, 0.717) is 12.8 Å². The molecule has 1 aromatic rings. The van der Waals surface area contributed by atoms with E-state index >= 15 is 0 Å². The summed E-state index contributed by atoms with van der Waals surface area (Å²) >= 11 is 3.36. The lowest BCUT2D eigenvalue weighted by Gasteiger charge is -2.25. The predicted octanol–water partition coefficient (Wildman–Crippen LogP) is 4.13. The van der Waals surface area contributed by atoms with E-state index in [1.807, 2.05) is 38.1 Å². The van der Waals surface area contributed by atoms with Crippen molar-refractivity contribution < 1.29 is 14.0 Å². The molecule has 0 amide bonds. The molecule has 0 aliphatic carbocycles. The molecule has 88 valence electrons. The molecule has 0 heterocycles. The Morgan fingerprint density at radius 3 is 2.19 bits per heavy atom. The molecule has 0 bridgehead atoms. The van der Waals surface area contributed by atoms with Crippen molar-refractivity contribution in [1.29, 1.82) is 0 Å². The average molecular weight is 306 g/mol. The number of halogens is 1. The van der Waals surface area contributed by atoms with Crippen LogP contribution in [0.4, 0.5) is 0 Å². The van der Waals surface area contributed by atoms with Gasteiger partial charge in [0.1, 0.15) is 0 Å². The highest BCUT2D eigenvalue weighted by atomic mass is 79.9. The Morgan fingerprint density at radius 1 is 1.31 bits per heavy atom. The van der Waals surface area contributed by atoms with Crippen LogP contribution in [-0.2, 0) is 14.7 Å². The lowest BCUT2D eigenvalue weighted by atomic mass is 9.89. The van der Waals surface area contributed by atoms with Gasteiger partial charge in [-0.05, 0) is 30.5 Å². The fraction of sp³-hybridized carbons (Fsp3) is 0.455. The molecule has 0 radical (unpaired) electrons. The quantitative estimate of drug-likeness (QED) is 0.832. The zero-order valence-corrected chi connectivity index (χ0v) is 11.8. The Morgan fingerprint density at radius 2 is 1.81 bits per heavy atom. The predicted molar refractivity (Wildman–Crippen MR) is 67.3 cm³/mol. The standard InChI is InChI=1S/C11H14BrO3P/c1-3-11(4-2,15-16(13)14)9-5-7-10(12)8-6-9/h5-8H,3-4H2,1-2H3/p+1. The fourth-order valence-electron chi connectivity index (χ4n) is 1.74. The van der Waals surface area contributed by atoms with Crippen molar-refractivity contribution in [2.45, 2.75) is 32.3 Å². The van der Waals surface area contributed by atoms with Gasteiger partial charge >= 0.3 is 8.25 Å². The van der Waals surface area contributed by atoms with Crippen LogP contribution in [-0.4, -0.2) is 4.89 Å². The van der Waals surface area contributed by atoms with E-state index in [1.165, 1.54) is 0 Å². The second kappa shape index (κ2) is 5.87. The van der Waals surface area contributed by atoms with Gasteiger partial charge in [0.25, 0.3) is 0 Å². The van der Waals surface area contributed by atoms with Crippen molar-refractivity contribution in [2.24, 2.45) is 0 Å². The number of hydrogen-bond donors (Lipinski definition) is 1. The summed E-state index contributed by atoms with van der Waals surface area (Å²) < 4.78 is 17.1. The minimum absolute atomic E-state index is 0.659. The number of rotatable bonds is 5. The van der Waals surface area contributed by atoms with E-state index in [9.17, 15) is 4.57 Å². The number of benzene rings is 1. The smallest absolute Gasteiger partial charge is 0.133 e. The van der Waals surface area contributed by atoms with Gasteiger partial charge in [-0.2, -0.15) is 0 Å². The third-order valence-corrected chi connectivity index (χ3v) is 3.80. The molecular weight excluding hydrogens is 291 g/mol. The lowest BCUT2D eigenvalue weighted by molar-refractivity contribution is 0.0536. The largest absolute Gasteiger partial charge is 0.695 e. The molecule has 0 spiro atoms. The third kappa shape index (κ3) is 3.11. The Labute approximate surface area is 105 Å². The molecule has 0 saturated heterocycles. The first kappa shape index (κ1) is 13.8. The van der Waals surface area contributed by atoms with Crippen LogP contribution in [0.2, 0.25) is 0 Å². The molecule has 0 aliphatic heterocycles. The number of hydrogen-bond acceptors (Lipinski definition) is 2. The fourth-order valence-corrected chi connectivity index (χ4v) is 2.67. The van der Waals surface area contributed by atoms with Crippen LogP contribution in [0.1, 0.15) is 32.3 Å². The summed E-state index contributed by atoms with van der Waals surface area (Å²) in [6.45, 7) is 3.90. The lowest BCUT2D eigenvalue weighted by Crippen LogP contribution is -2.25. The van der Waals surface area contributed by atoms with Crippen molar-refractivity contribution >= 4 is 24.2 Å². The van der Waals surface area contributed by atoms with Gasteiger partial charge in [-0.25, -0.2) is 0 Å². The first-order valence-electron chi connectivity index (χ1n) is 5.15. The van der Waals surface area contributed by atoms with Crippen LogP contribution in [0.5, 0.6) is 0 Å². The summed E-state index contributed by atoms with van der Waals surface area (Å²) in [6.07, 6.45) is 1.32. The van der Waals surface area contributed by atoms with Crippen LogP contribution < -0.4 is 0 Å². The van der Waals surface area contributed by atoms with E-state index in [0.717, 1.165) is 10.0 Å². The minimum atomic E-state index is -2.59. The first-order chi connectivity index (χ1) is 7.54. The minimum Gasteiger partial charge on any atom is -0.133 e. The summed E-state index contributed by atoms with van der Waals surface area (Å²) in [7, 11) is -2.59. The van der Waals surface area contributed by atoms with Crippen molar-refractivity contribution in [2.75, 3.05) is 0 Å². The van der Waals surface area contributed by atoms with Crippen molar-refractivity contribution in [3.8, 4) is 0 Å². The molecule has 16 heavy (non-hydrogen) atoms. The van der Waals surface area contributed by atoms with Crippen LogP contribution in [0.15, 0.2) is 28.7 Å². The average Bonchev–Trinajstić information content (AvgIpc) is 2.27. The van der Waals surface area contributed by atoms with Crippen LogP contribution in [0.3, 0.4) is 0 Å². The molecule has 0 saturated carbocycles. The van der Waals surface area contributed by atoms with Gasteiger partial charge in [0, 0.05) is 9.04 Å². The molecule has 1 aromatic carbocycles. The molecule has 0 fully saturated rings. The summed E-state index contributed by atoms with van der Waals surface area (Å²) in [5.41, 5.74) is 0.265. The van der Waals surface area contributed by atoms with Crippen LogP contribution in [0.25, 0.3) is 0 Å². The van der Waals surface area contributed by atoms with Crippen LogP contribution in [0, 0.1) is 0 Å². The molecule has 1 unspecified atom stereocenters. The van der Waals surface area contributed by atoms with Gasteiger partial charge in [-0.15, -0.1) is 9.42 Å². The highest BCUT2D eigenvalue weighted by molar-refractivity contribution is 9.10. The molecule has 1 rings (SSSR count). The molecule has 0 aromatic heterocycles. The molecule has 3 nitrogen and oxygen atoms in total. The monoisotopic (exact) mass is 305 g/mol. The topological polar surface area (TPSA) is 46.5 Å². The molecule has 0 aliphatic rings. The maximum Gasteiger partial charge on any atom is 0.695 e. The van der Waals surface area contributed by atoms with Gasteiger partial charge in [-0.1, -0.05) is 41.9 Å². The second-order valence-corrected chi connectivity index (χ2v) is 5.11. The van der Waals surface area contributed by atoms with Crippen LogP contribution >= 0.6 is 24.2 Å². The summed E-state index contributed by atoms with van der Waals surface area (Å²) in [5, 5.41) is 0. The Kier molecular flexibility index (Phi) is 5.06. The zero-order chi connectivity index (χ0) is 12.2. The van der Waals surface area contributed by atoms with Crippen molar-refractivity contribution in [1.82, 2.24) is 0 Å². The summed E-state index contributed by atoms with van der Waals surface area (Å²) in [4.78, 5) is 8.94.